The maximum Gasteiger partial charge on any atom is 0.323 e. The molecule has 112 valence electrons. The van der Waals surface area contributed by atoms with Gasteiger partial charge in [-0.3, -0.25) is 4.79 Å². The normalized spacial score (nSPS) is 19.0. The molecular formula is C15H24N2O3. The molecule has 5 heteroatoms. The third kappa shape index (κ3) is 5.12. The number of carbonyl (C=O) groups excluding carboxylic acids is 1. The number of carbonyl (C=O) groups is 2. The highest BCUT2D eigenvalue weighted by molar-refractivity contribution is 5.80. The SMILES string of the molecule is C#CCN(CC(=O)O)C(=O)N1CCCC(CCC)CC1. The summed E-state index contributed by atoms with van der Waals surface area (Å²) in [6.07, 6.45) is 10.7. The zero-order valence-electron chi connectivity index (χ0n) is 12.2. The van der Waals surface area contributed by atoms with Crippen molar-refractivity contribution in [3.63, 3.8) is 0 Å². The minimum atomic E-state index is -1.03. The first kappa shape index (κ1) is 16.4. The summed E-state index contributed by atoms with van der Waals surface area (Å²) in [5, 5.41) is 8.84. The Balaban J connectivity index is 2.60. The van der Waals surface area contributed by atoms with Crippen LogP contribution in [0.3, 0.4) is 0 Å². The summed E-state index contributed by atoms with van der Waals surface area (Å²) in [4.78, 5) is 26.1. The van der Waals surface area contributed by atoms with Crippen LogP contribution in [0, 0.1) is 18.3 Å². The number of aliphatic carboxylic acids is 1. The summed E-state index contributed by atoms with van der Waals surface area (Å²) in [5.41, 5.74) is 0. The molecule has 0 bridgehead atoms. The molecule has 1 N–H and O–H groups in total. The fourth-order valence-corrected chi connectivity index (χ4v) is 2.72. The highest BCUT2D eigenvalue weighted by Crippen LogP contribution is 2.22. The average molecular weight is 280 g/mol. The average Bonchev–Trinajstić information content (AvgIpc) is 2.63. The molecule has 1 rings (SSSR count). The van der Waals surface area contributed by atoms with Crippen molar-refractivity contribution >= 4 is 12.0 Å². The molecule has 1 unspecified atom stereocenters. The molecule has 0 saturated carbocycles. The van der Waals surface area contributed by atoms with Crippen molar-refractivity contribution in [2.24, 2.45) is 5.92 Å². The van der Waals surface area contributed by atoms with Crippen LogP contribution < -0.4 is 0 Å². The van der Waals surface area contributed by atoms with E-state index in [1.54, 1.807) is 4.90 Å². The van der Waals surface area contributed by atoms with Gasteiger partial charge in [0.1, 0.15) is 6.54 Å². The Hall–Kier alpha value is -1.70. The molecule has 0 aliphatic carbocycles. The molecule has 0 aromatic rings. The number of nitrogens with zero attached hydrogens (tertiary/aromatic N) is 2. The highest BCUT2D eigenvalue weighted by atomic mass is 16.4. The van der Waals surface area contributed by atoms with Crippen LogP contribution >= 0.6 is 0 Å². The second kappa shape index (κ2) is 8.47. The number of likely N-dealkylation sites (tertiary alicyclic amines) is 1. The van der Waals surface area contributed by atoms with Crippen molar-refractivity contribution in [2.75, 3.05) is 26.2 Å². The highest BCUT2D eigenvalue weighted by Gasteiger charge is 2.25. The van der Waals surface area contributed by atoms with Gasteiger partial charge in [-0.1, -0.05) is 25.7 Å². The molecule has 5 nitrogen and oxygen atoms in total. The van der Waals surface area contributed by atoms with E-state index in [4.69, 9.17) is 11.5 Å². The molecular weight excluding hydrogens is 256 g/mol. The lowest BCUT2D eigenvalue weighted by Crippen LogP contribution is -2.46. The Morgan fingerprint density at radius 2 is 2.15 bits per heavy atom. The molecule has 1 heterocycles. The summed E-state index contributed by atoms with van der Waals surface area (Å²) < 4.78 is 0. The van der Waals surface area contributed by atoms with Gasteiger partial charge >= 0.3 is 12.0 Å². The van der Waals surface area contributed by atoms with Gasteiger partial charge in [0, 0.05) is 13.1 Å². The summed E-state index contributed by atoms with van der Waals surface area (Å²) in [6.45, 7) is 3.27. The van der Waals surface area contributed by atoms with Crippen LogP contribution in [0.25, 0.3) is 0 Å². The van der Waals surface area contributed by atoms with Crippen LogP contribution in [0.2, 0.25) is 0 Å². The maximum atomic E-state index is 12.3. The topological polar surface area (TPSA) is 60.9 Å². The molecule has 2 amide bonds. The van der Waals surface area contributed by atoms with Crippen molar-refractivity contribution in [1.82, 2.24) is 9.80 Å². The summed E-state index contributed by atoms with van der Waals surface area (Å²) in [6, 6.07) is -0.248. The van der Waals surface area contributed by atoms with E-state index >= 15 is 0 Å². The standard InChI is InChI=1S/C15H24N2O3/c1-3-6-13-7-5-10-16(11-8-13)15(20)17(9-4-2)12-14(18)19/h2,13H,3,5-12H2,1H3,(H,18,19). The molecule has 0 aromatic carbocycles. The van der Waals surface area contributed by atoms with Gasteiger partial charge < -0.3 is 14.9 Å². The number of carboxylic acid groups (broad SMARTS) is 1. The molecule has 0 spiro atoms. The summed E-state index contributed by atoms with van der Waals surface area (Å²) in [5.74, 6) is 2.00. The van der Waals surface area contributed by atoms with Crippen LogP contribution in [0.15, 0.2) is 0 Å². The van der Waals surface area contributed by atoms with Crippen LogP contribution in [-0.4, -0.2) is 53.1 Å². The number of rotatable bonds is 5. The fourth-order valence-electron chi connectivity index (χ4n) is 2.72. The lowest BCUT2D eigenvalue weighted by molar-refractivity contribution is -0.137. The zero-order chi connectivity index (χ0) is 15.0. The van der Waals surface area contributed by atoms with Gasteiger partial charge in [0.25, 0.3) is 0 Å². The summed E-state index contributed by atoms with van der Waals surface area (Å²) >= 11 is 0. The van der Waals surface area contributed by atoms with Gasteiger partial charge in [0.15, 0.2) is 0 Å². The van der Waals surface area contributed by atoms with Crippen molar-refractivity contribution in [2.45, 2.75) is 39.0 Å². The molecule has 20 heavy (non-hydrogen) atoms. The van der Waals surface area contributed by atoms with E-state index in [1.807, 2.05) is 0 Å². The van der Waals surface area contributed by atoms with Crippen molar-refractivity contribution in [1.29, 1.82) is 0 Å². The number of hydrogen-bond donors (Lipinski definition) is 1. The zero-order valence-corrected chi connectivity index (χ0v) is 12.2. The van der Waals surface area contributed by atoms with E-state index in [0.29, 0.717) is 19.0 Å². The predicted molar refractivity (Wildman–Crippen MR) is 77.3 cm³/mol. The van der Waals surface area contributed by atoms with Gasteiger partial charge in [-0.15, -0.1) is 6.42 Å². The minimum Gasteiger partial charge on any atom is -0.480 e. The quantitative estimate of drug-likeness (QED) is 0.784. The van der Waals surface area contributed by atoms with Gasteiger partial charge in [0.2, 0.25) is 0 Å². The van der Waals surface area contributed by atoms with E-state index in [2.05, 4.69) is 12.8 Å². The van der Waals surface area contributed by atoms with E-state index in [0.717, 1.165) is 19.3 Å². The van der Waals surface area contributed by atoms with Gasteiger partial charge in [-0.05, 0) is 25.2 Å². The first-order valence-corrected chi connectivity index (χ1v) is 7.27. The number of amides is 2. The lowest BCUT2D eigenvalue weighted by atomic mass is 9.96. The predicted octanol–water partition coefficient (Wildman–Crippen LogP) is 2.03. The minimum absolute atomic E-state index is 0.0417. The number of urea groups is 1. The number of hydrogen-bond acceptors (Lipinski definition) is 2. The fraction of sp³-hybridized carbons (Fsp3) is 0.733. The smallest absolute Gasteiger partial charge is 0.323 e. The van der Waals surface area contributed by atoms with Crippen molar-refractivity contribution in [3.05, 3.63) is 0 Å². The van der Waals surface area contributed by atoms with E-state index < -0.39 is 5.97 Å². The maximum absolute atomic E-state index is 12.3. The Bertz CT molecular complexity index is 376. The van der Waals surface area contributed by atoms with Crippen molar-refractivity contribution < 1.29 is 14.7 Å². The number of terminal acetylenes is 1. The van der Waals surface area contributed by atoms with Crippen LogP contribution in [0.4, 0.5) is 4.79 Å². The molecule has 1 atom stereocenters. The molecule has 1 fully saturated rings. The lowest BCUT2D eigenvalue weighted by Gasteiger charge is -2.27. The first-order valence-electron chi connectivity index (χ1n) is 7.27. The van der Waals surface area contributed by atoms with E-state index in [9.17, 15) is 9.59 Å². The Labute approximate surface area is 120 Å². The van der Waals surface area contributed by atoms with Crippen LogP contribution in [-0.2, 0) is 4.79 Å². The third-order valence-corrected chi connectivity index (χ3v) is 3.69. The number of carboxylic acids is 1. The second-order valence-electron chi connectivity index (χ2n) is 5.31. The van der Waals surface area contributed by atoms with Crippen molar-refractivity contribution in [3.8, 4) is 12.3 Å². The van der Waals surface area contributed by atoms with Crippen LogP contribution in [0.1, 0.15) is 39.0 Å². The largest absolute Gasteiger partial charge is 0.480 e. The first-order chi connectivity index (χ1) is 9.58. The Morgan fingerprint density at radius 3 is 2.75 bits per heavy atom. The Kier molecular flexibility index (Phi) is 6.92. The molecule has 0 aromatic heterocycles. The third-order valence-electron chi connectivity index (χ3n) is 3.69. The van der Waals surface area contributed by atoms with E-state index in [-0.39, 0.29) is 19.1 Å². The van der Waals surface area contributed by atoms with Crippen LogP contribution in [0.5, 0.6) is 0 Å². The molecule has 1 aliphatic rings. The summed E-state index contributed by atoms with van der Waals surface area (Å²) in [7, 11) is 0. The Morgan fingerprint density at radius 1 is 1.40 bits per heavy atom. The second-order valence-corrected chi connectivity index (χ2v) is 5.31. The molecule has 0 radical (unpaired) electrons. The van der Waals surface area contributed by atoms with E-state index in [1.165, 1.54) is 17.7 Å². The van der Waals surface area contributed by atoms with Gasteiger partial charge in [-0.25, -0.2) is 4.79 Å². The molecule has 1 aliphatic heterocycles. The monoisotopic (exact) mass is 280 g/mol. The van der Waals surface area contributed by atoms with Gasteiger partial charge in [-0.2, -0.15) is 0 Å². The molecule has 1 saturated heterocycles. The van der Waals surface area contributed by atoms with Gasteiger partial charge in [0.05, 0.1) is 6.54 Å².